The van der Waals surface area contributed by atoms with Gasteiger partial charge in [0.1, 0.15) is 11.6 Å². The summed E-state index contributed by atoms with van der Waals surface area (Å²) in [5, 5.41) is 2.72. The monoisotopic (exact) mass is 448 g/mol. The number of hydrogen-bond acceptors (Lipinski definition) is 4. The average molecular weight is 448 g/mol. The van der Waals surface area contributed by atoms with E-state index in [2.05, 4.69) is 5.32 Å². The molecule has 6 nitrogen and oxygen atoms in total. The summed E-state index contributed by atoms with van der Waals surface area (Å²) in [6, 6.07) is 18.4. The summed E-state index contributed by atoms with van der Waals surface area (Å²) in [6.07, 6.45) is 0. The fraction of sp³-hybridized carbons (Fsp3) is 0.192. The van der Waals surface area contributed by atoms with E-state index in [1.807, 2.05) is 13.8 Å². The zero-order valence-electron chi connectivity index (χ0n) is 18.5. The second kappa shape index (κ2) is 11.0. The SMILES string of the molecule is CCN(CC)C(=O)c1cccc(NC(=O)COc2ccc(C(=O)c3ccc(F)cc3)cc2)c1. The van der Waals surface area contributed by atoms with E-state index < -0.39 is 5.82 Å². The van der Waals surface area contributed by atoms with Gasteiger partial charge in [-0.15, -0.1) is 0 Å². The van der Waals surface area contributed by atoms with Crippen LogP contribution in [0.5, 0.6) is 5.75 Å². The molecule has 0 unspecified atom stereocenters. The lowest BCUT2D eigenvalue weighted by Crippen LogP contribution is -2.30. The lowest BCUT2D eigenvalue weighted by molar-refractivity contribution is -0.118. The fourth-order valence-corrected chi connectivity index (χ4v) is 3.24. The molecule has 170 valence electrons. The van der Waals surface area contributed by atoms with Gasteiger partial charge in [-0.05, 0) is 80.6 Å². The number of ketones is 1. The molecule has 1 N–H and O–H groups in total. The number of anilines is 1. The number of nitrogens with zero attached hydrogens (tertiary/aromatic N) is 1. The first-order chi connectivity index (χ1) is 15.9. The van der Waals surface area contributed by atoms with E-state index >= 15 is 0 Å². The molecule has 0 bridgehead atoms. The van der Waals surface area contributed by atoms with E-state index in [9.17, 15) is 18.8 Å². The predicted octanol–water partition coefficient (Wildman–Crippen LogP) is 4.56. The van der Waals surface area contributed by atoms with Gasteiger partial charge in [0.2, 0.25) is 0 Å². The molecule has 0 aliphatic carbocycles. The van der Waals surface area contributed by atoms with Crippen molar-refractivity contribution >= 4 is 23.3 Å². The van der Waals surface area contributed by atoms with Crippen LogP contribution in [-0.2, 0) is 4.79 Å². The van der Waals surface area contributed by atoms with Crippen molar-refractivity contribution in [1.82, 2.24) is 4.90 Å². The third-order valence-electron chi connectivity index (χ3n) is 5.04. The van der Waals surface area contributed by atoms with Crippen LogP contribution in [0.4, 0.5) is 10.1 Å². The Kier molecular flexibility index (Phi) is 7.91. The smallest absolute Gasteiger partial charge is 0.262 e. The van der Waals surface area contributed by atoms with E-state index in [4.69, 9.17) is 4.74 Å². The molecule has 0 saturated heterocycles. The number of amides is 2. The molecular weight excluding hydrogens is 423 g/mol. The van der Waals surface area contributed by atoms with Crippen LogP contribution in [0, 0.1) is 5.82 Å². The summed E-state index contributed by atoms with van der Waals surface area (Å²) < 4.78 is 18.5. The van der Waals surface area contributed by atoms with Crippen molar-refractivity contribution in [3.63, 3.8) is 0 Å². The second-order valence-electron chi connectivity index (χ2n) is 7.26. The molecule has 2 amide bonds. The Morgan fingerprint density at radius 2 is 1.45 bits per heavy atom. The van der Waals surface area contributed by atoms with Crippen molar-refractivity contribution in [2.75, 3.05) is 25.0 Å². The van der Waals surface area contributed by atoms with Crippen molar-refractivity contribution in [3.8, 4) is 5.75 Å². The standard InChI is InChI=1S/C26H25FN2O4/c1-3-29(4-2)26(32)20-6-5-7-22(16-20)28-24(30)17-33-23-14-10-19(11-15-23)25(31)18-8-12-21(27)13-9-18/h5-16H,3-4,17H2,1-2H3,(H,28,30). The maximum absolute atomic E-state index is 13.0. The molecule has 3 aromatic carbocycles. The number of benzene rings is 3. The summed E-state index contributed by atoms with van der Waals surface area (Å²) in [5.41, 5.74) is 1.81. The molecular formula is C26H25FN2O4. The third-order valence-corrected chi connectivity index (χ3v) is 5.04. The van der Waals surface area contributed by atoms with E-state index in [0.29, 0.717) is 41.2 Å². The van der Waals surface area contributed by atoms with Gasteiger partial charge >= 0.3 is 0 Å². The van der Waals surface area contributed by atoms with Gasteiger partial charge < -0.3 is 15.0 Å². The van der Waals surface area contributed by atoms with Gasteiger partial charge in [-0.25, -0.2) is 4.39 Å². The van der Waals surface area contributed by atoms with Crippen LogP contribution in [0.15, 0.2) is 72.8 Å². The molecule has 0 fully saturated rings. The first-order valence-corrected chi connectivity index (χ1v) is 10.6. The number of nitrogens with one attached hydrogen (secondary N) is 1. The number of rotatable bonds is 9. The van der Waals surface area contributed by atoms with Crippen LogP contribution in [-0.4, -0.2) is 42.2 Å². The van der Waals surface area contributed by atoms with E-state index in [0.717, 1.165) is 0 Å². The Labute approximate surface area is 192 Å². The number of hydrogen-bond donors (Lipinski definition) is 1. The van der Waals surface area contributed by atoms with Crippen LogP contribution in [0.2, 0.25) is 0 Å². The normalized spacial score (nSPS) is 10.4. The number of carbonyl (C=O) groups excluding carboxylic acids is 3. The first kappa shape index (κ1) is 23.7. The lowest BCUT2D eigenvalue weighted by atomic mass is 10.0. The molecule has 7 heteroatoms. The Morgan fingerprint density at radius 1 is 0.848 bits per heavy atom. The topological polar surface area (TPSA) is 75.7 Å². The molecule has 0 aliphatic rings. The van der Waals surface area contributed by atoms with Crippen LogP contribution >= 0.6 is 0 Å². The van der Waals surface area contributed by atoms with Gasteiger partial charge in [0.25, 0.3) is 11.8 Å². The molecule has 0 radical (unpaired) electrons. The molecule has 0 aromatic heterocycles. The molecule has 3 rings (SSSR count). The van der Waals surface area contributed by atoms with Gasteiger partial charge in [-0.1, -0.05) is 6.07 Å². The highest BCUT2D eigenvalue weighted by Crippen LogP contribution is 2.17. The van der Waals surface area contributed by atoms with Crippen molar-refractivity contribution in [2.45, 2.75) is 13.8 Å². The minimum atomic E-state index is -0.407. The maximum Gasteiger partial charge on any atom is 0.262 e. The quantitative estimate of drug-likeness (QED) is 0.487. The van der Waals surface area contributed by atoms with E-state index in [1.54, 1.807) is 53.4 Å². The van der Waals surface area contributed by atoms with E-state index in [1.165, 1.54) is 24.3 Å². The van der Waals surface area contributed by atoms with E-state index in [-0.39, 0.29) is 24.2 Å². The third kappa shape index (κ3) is 6.26. The van der Waals surface area contributed by atoms with Gasteiger partial charge in [0, 0.05) is 35.5 Å². The van der Waals surface area contributed by atoms with Crippen molar-refractivity contribution < 1.29 is 23.5 Å². The van der Waals surface area contributed by atoms with Gasteiger partial charge in [0.15, 0.2) is 12.4 Å². The van der Waals surface area contributed by atoms with Crippen LogP contribution < -0.4 is 10.1 Å². The summed E-state index contributed by atoms with van der Waals surface area (Å²) >= 11 is 0. The molecule has 0 spiro atoms. The Balaban J connectivity index is 1.56. The highest BCUT2D eigenvalue weighted by Gasteiger charge is 2.14. The highest BCUT2D eigenvalue weighted by atomic mass is 19.1. The molecule has 0 heterocycles. The van der Waals surface area contributed by atoms with Crippen LogP contribution in [0.25, 0.3) is 0 Å². The Morgan fingerprint density at radius 3 is 2.06 bits per heavy atom. The molecule has 0 aliphatic heterocycles. The summed E-state index contributed by atoms with van der Waals surface area (Å²) in [6.45, 7) is 4.80. The number of halogens is 1. The minimum Gasteiger partial charge on any atom is -0.484 e. The van der Waals surface area contributed by atoms with Crippen molar-refractivity contribution in [1.29, 1.82) is 0 Å². The Bertz CT molecular complexity index is 1120. The highest BCUT2D eigenvalue weighted by molar-refractivity contribution is 6.09. The zero-order chi connectivity index (χ0) is 23.8. The first-order valence-electron chi connectivity index (χ1n) is 10.6. The number of carbonyl (C=O) groups is 3. The van der Waals surface area contributed by atoms with Crippen LogP contribution in [0.1, 0.15) is 40.1 Å². The average Bonchev–Trinajstić information content (AvgIpc) is 2.84. The molecule has 33 heavy (non-hydrogen) atoms. The van der Waals surface area contributed by atoms with Crippen molar-refractivity contribution in [2.24, 2.45) is 0 Å². The summed E-state index contributed by atoms with van der Waals surface area (Å²) in [5.74, 6) is -0.697. The minimum absolute atomic E-state index is 0.0948. The van der Waals surface area contributed by atoms with Crippen LogP contribution in [0.3, 0.4) is 0 Å². The Hall–Kier alpha value is -4.00. The fourth-order valence-electron chi connectivity index (χ4n) is 3.24. The molecule has 0 atom stereocenters. The van der Waals surface area contributed by atoms with Crippen molar-refractivity contribution in [3.05, 3.63) is 95.3 Å². The molecule has 0 saturated carbocycles. The zero-order valence-corrected chi connectivity index (χ0v) is 18.5. The lowest BCUT2D eigenvalue weighted by Gasteiger charge is -2.19. The largest absolute Gasteiger partial charge is 0.484 e. The maximum atomic E-state index is 13.0. The van der Waals surface area contributed by atoms with Gasteiger partial charge in [0.05, 0.1) is 0 Å². The summed E-state index contributed by atoms with van der Waals surface area (Å²) in [7, 11) is 0. The number of ether oxygens (including phenoxy) is 1. The second-order valence-corrected chi connectivity index (χ2v) is 7.26. The summed E-state index contributed by atoms with van der Waals surface area (Å²) in [4.78, 5) is 38.9. The van der Waals surface area contributed by atoms with Gasteiger partial charge in [-0.2, -0.15) is 0 Å². The predicted molar refractivity (Wildman–Crippen MR) is 124 cm³/mol. The van der Waals surface area contributed by atoms with Gasteiger partial charge in [-0.3, -0.25) is 14.4 Å². The molecule has 3 aromatic rings.